The fourth-order valence-electron chi connectivity index (χ4n) is 1.06. The quantitative estimate of drug-likeness (QED) is 0.527. The molecule has 0 spiro atoms. The van der Waals surface area contributed by atoms with Gasteiger partial charge < -0.3 is 12.9 Å². The Balaban J connectivity index is 3.41. The van der Waals surface area contributed by atoms with E-state index in [0.717, 1.165) is 6.07 Å². The van der Waals surface area contributed by atoms with Crippen LogP contribution in [0.5, 0.6) is 0 Å². The summed E-state index contributed by atoms with van der Waals surface area (Å²) in [6, 6.07) is 1.39. The Labute approximate surface area is 85.9 Å². The van der Waals surface area contributed by atoms with Gasteiger partial charge in [-0.25, -0.2) is 0 Å². The van der Waals surface area contributed by atoms with Crippen LogP contribution >= 0.6 is 11.6 Å². The van der Waals surface area contributed by atoms with E-state index in [9.17, 15) is 26.1 Å². The first-order valence-electron chi connectivity index (χ1n) is 3.69. The van der Waals surface area contributed by atoms with Crippen LogP contribution in [0.15, 0.2) is 18.2 Å². The zero-order valence-corrected chi connectivity index (χ0v) is 7.71. The third-order valence-electron chi connectivity index (χ3n) is 1.67. The summed E-state index contributed by atoms with van der Waals surface area (Å²) in [5.74, 6) is 0. The minimum absolute atomic E-state index is 0.270. The maximum Gasteiger partial charge on any atom is 0.510 e. The van der Waals surface area contributed by atoms with E-state index in [-0.39, 0.29) is 11.1 Å². The summed E-state index contributed by atoms with van der Waals surface area (Å²) < 4.78 is 73.3. The highest BCUT2D eigenvalue weighted by atomic mass is 35.5. The molecule has 0 bridgehead atoms. The molecule has 0 aliphatic carbocycles. The molecule has 0 nitrogen and oxygen atoms in total. The fourth-order valence-corrected chi connectivity index (χ4v) is 1.23. The minimum atomic E-state index is -5.70. The molecule has 0 aromatic heterocycles. The van der Waals surface area contributed by atoms with Gasteiger partial charge >= 0.3 is 13.2 Å². The molecule has 0 saturated heterocycles. The Bertz CT molecular complexity index is 369. The van der Waals surface area contributed by atoms with Gasteiger partial charge in [0.1, 0.15) is 0 Å². The Morgan fingerprint density at radius 3 is 2.00 bits per heavy atom. The van der Waals surface area contributed by atoms with E-state index in [1.807, 2.05) is 0 Å². The average Bonchev–Trinajstić information content (AvgIpc) is 2.00. The molecule has 0 radical (unpaired) electrons. The monoisotopic (exact) mass is 247 g/mol. The molecule has 0 unspecified atom stereocenters. The number of benzene rings is 1. The van der Waals surface area contributed by atoms with Crippen LogP contribution in [0.2, 0.25) is 5.02 Å². The molecule has 0 saturated carbocycles. The third kappa shape index (κ3) is 2.81. The molecule has 1 rings (SSSR count). The maximum atomic E-state index is 12.2. The van der Waals surface area contributed by atoms with Crippen molar-refractivity contribution >= 4 is 24.0 Å². The summed E-state index contributed by atoms with van der Waals surface area (Å²) in [6.07, 6.45) is -5.06. The van der Waals surface area contributed by atoms with Gasteiger partial charge in [-0.1, -0.05) is 23.1 Å². The summed E-state index contributed by atoms with van der Waals surface area (Å²) in [4.78, 5) is 0. The molecule has 8 heteroatoms. The van der Waals surface area contributed by atoms with Crippen molar-refractivity contribution in [2.24, 2.45) is 0 Å². The van der Waals surface area contributed by atoms with E-state index in [2.05, 4.69) is 0 Å². The Kier molecular flexibility index (Phi) is 2.95. The SMILES string of the molecule is F[B-](F)(F)c1ccc(Cl)cc1C(F)(F)F. The number of hydrogen-bond acceptors (Lipinski definition) is 0. The van der Waals surface area contributed by atoms with Gasteiger partial charge in [-0.2, -0.15) is 13.2 Å². The molecule has 0 aliphatic heterocycles. The van der Waals surface area contributed by atoms with Crippen molar-refractivity contribution in [3.8, 4) is 0 Å². The van der Waals surface area contributed by atoms with E-state index >= 15 is 0 Å². The van der Waals surface area contributed by atoms with Gasteiger partial charge in [0.2, 0.25) is 0 Å². The highest BCUT2D eigenvalue weighted by Crippen LogP contribution is 2.31. The van der Waals surface area contributed by atoms with Crippen molar-refractivity contribution in [3.63, 3.8) is 0 Å². The second kappa shape index (κ2) is 3.62. The lowest BCUT2D eigenvalue weighted by Gasteiger charge is -2.21. The van der Waals surface area contributed by atoms with Crippen molar-refractivity contribution in [1.29, 1.82) is 0 Å². The first-order chi connectivity index (χ1) is 6.62. The zero-order valence-electron chi connectivity index (χ0n) is 6.96. The highest BCUT2D eigenvalue weighted by molar-refractivity contribution is 6.74. The number of hydrogen-bond donors (Lipinski definition) is 0. The van der Waals surface area contributed by atoms with Crippen LogP contribution in [0.4, 0.5) is 26.1 Å². The smallest absolute Gasteiger partial charge is 0.445 e. The summed E-state index contributed by atoms with van der Waals surface area (Å²) in [5.41, 5.74) is -3.42. The van der Waals surface area contributed by atoms with Crippen LogP contribution in [0, 0.1) is 0 Å². The van der Waals surface area contributed by atoms with Crippen molar-refractivity contribution < 1.29 is 26.1 Å². The molecule has 0 fully saturated rings. The van der Waals surface area contributed by atoms with Crippen LogP contribution in [0.3, 0.4) is 0 Å². The van der Waals surface area contributed by atoms with Gasteiger partial charge in [-0.3, -0.25) is 0 Å². The predicted molar refractivity (Wildman–Crippen MR) is 45.2 cm³/mol. The average molecular weight is 247 g/mol. The summed E-state index contributed by atoms with van der Waals surface area (Å²) in [6.45, 7) is -5.70. The Morgan fingerprint density at radius 2 is 1.60 bits per heavy atom. The fraction of sp³-hybridized carbons (Fsp3) is 0.143. The van der Waals surface area contributed by atoms with E-state index in [1.54, 1.807) is 0 Å². The normalized spacial score (nSPS) is 13.0. The van der Waals surface area contributed by atoms with Gasteiger partial charge in [0.25, 0.3) is 0 Å². The molecule has 0 heterocycles. The third-order valence-corrected chi connectivity index (χ3v) is 1.91. The van der Waals surface area contributed by atoms with Crippen molar-refractivity contribution in [2.75, 3.05) is 0 Å². The van der Waals surface area contributed by atoms with Gasteiger partial charge in [-0.05, 0) is 12.1 Å². The largest absolute Gasteiger partial charge is 0.510 e. The second-order valence-electron chi connectivity index (χ2n) is 2.80. The lowest BCUT2D eigenvalue weighted by molar-refractivity contribution is -0.136. The Hall–Kier alpha value is -0.845. The molecular weight excluding hydrogens is 244 g/mol. The van der Waals surface area contributed by atoms with Crippen LogP contribution in [-0.4, -0.2) is 6.98 Å². The van der Waals surface area contributed by atoms with Crippen molar-refractivity contribution in [3.05, 3.63) is 28.8 Å². The van der Waals surface area contributed by atoms with Crippen molar-refractivity contribution in [2.45, 2.75) is 6.18 Å². The number of alkyl halides is 3. The van der Waals surface area contributed by atoms with Gasteiger partial charge in [-0.15, -0.1) is 0 Å². The molecular formula is C7H3BClF6-. The molecule has 1 aromatic rings. The topological polar surface area (TPSA) is 0 Å². The van der Waals surface area contributed by atoms with Gasteiger partial charge in [0.05, 0.1) is 0 Å². The maximum absolute atomic E-state index is 12.2. The number of halogens is 7. The lowest BCUT2D eigenvalue weighted by atomic mass is 9.76. The van der Waals surface area contributed by atoms with Crippen LogP contribution in [0.1, 0.15) is 5.56 Å². The van der Waals surface area contributed by atoms with E-state index in [1.165, 1.54) is 0 Å². The molecule has 84 valence electrons. The van der Waals surface area contributed by atoms with Crippen LogP contribution in [-0.2, 0) is 6.18 Å². The summed E-state index contributed by atoms with van der Waals surface area (Å²) in [5, 5.41) is -0.383. The van der Waals surface area contributed by atoms with E-state index in [4.69, 9.17) is 11.6 Å². The minimum Gasteiger partial charge on any atom is -0.445 e. The molecule has 0 N–H and O–H groups in total. The highest BCUT2D eigenvalue weighted by Gasteiger charge is 2.39. The first kappa shape index (κ1) is 12.2. The predicted octanol–water partition coefficient (Wildman–Crippen LogP) is 3.41. The zero-order chi connectivity index (χ0) is 11.9. The van der Waals surface area contributed by atoms with Gasteiger partial charge in [0, 0.05) is 10.6 Å². The van der Waals surface area contributed by atoms with Crippen LogP contribution < -0.4 is 5.46 Å². The first-order valence-corrected chi connectivity index (χ1v) is 4.07. The lowest BCUT2D eigenvalue weighted by Crippen LogP contribution is -2.39. The second-order valence-corrected chi connectivity index (χ2v) is 3.24. The Morgan fingerprint density at radius 1 is 1.07 bits per heavy atom. The van der Waals surface area contributed by atoms with E-state index < -0.39 is 24.2 Å². The van der Waals surface area contributed by atoms with Crippen LogP contribution in [0.25, 0.3) is 0 Å². The molecule has 0 aliphatic rings. The molecule has 0 atom stereocenters. The standard InChI is InChI=1S/C7H3BClF6/c9-4-1-2-6(8(13,14)15)5(3-4)7(10,11)12/h1-3H/q-1. The summed E-state index contributed by atoms with van der Waals surface area (Å²) >= 11 is 5.21. The molecule has 0 amide bonds. The van der Waals surface area contributed by atoms with Crippen molar-refractivity contribution in [1.82, 2.24) is 0 Å². The van der Waals surface area contributed by atoms with Gasteiger partial charge in [0.15, 0.2) is 0 Å². The summed E-state index contributed by atoms with van der Waals surface area (Å²) in [7, 11) is 0. The number of rotatable bonds is 1. The van der Waals surface area contributed by atoms with E-state index in [0.29, 0.717) is 6.07 Å². The molecule has 15 heavy (non-hydrogen) atoms. The molecule has 1 aromatic carbocycles.